The fraction of sp³-hybridized carbons (Fsp3) is 0. The second-order valence-electron chi connectivity index (χ2n) is 5.03. The molecule has 0 unspecified atom stereocenters. The zero-order valence-corrected chi connectivity index (χ0v) is 12.0. The molecule has 0 aromatic heterocycles. The van der Waals surface area contributed by atoms with Crippen LogP contribution >= 0.6 is 0 Å². The summed E-state index contributed by atoms with van der Waals surface area (Å²) in [7, 11) is 0. The van der Waals surface area contributed by atoms with E-state index in [0.29, 0.717) is 0 Å². The number of phenolic OH excluding ortho intramolecular Hbond substituents is 2. The molecule has 4 rings (SSSR count). The third-order valence-corrected chi connectivity index (χ3v) is 3.50. The Morgan fingerprint density at radius 1 is 0.500 bits per heavy atom. The first-order valence-corrected chi connectivity index (χ1v) is 7.08. The molecule has 0 aliphatic rings. The Kier molecular flexibility index (Phi) is 3.92. The van der Waals surface area contributed by atoms with Crippen molar-refractivity contribution in [3.8, 4) is 11.5 Å². The van der Waals surface area contributed by atoms with Crippen molar-refractivity contribution in [3.63, 3.8) is 0 Å². The van der Waals surface area contributed by atoms with E-state index in [1.54, 1.807) is 30.3 Å². The molecule has 0 atom stereocenters. The first kappa shape index (κ1) is 14.0. The molecule has 2 N–H and O–H groups in total. The quantitative estimate of drug-likeness (QED) is 0.473. The number of hydrogen-bond donors (Lipinski definition) is 2. The maximum atomic E-state index is 9.38. The topological polar surface area (TPSA) is 40.5 Å². The maximum absolute atomic E-state index is 9.38. The predicted molar refractivity (Wildman–Crippen MR) is 91.2 cm³/mol. The van der Waals surface area contributed by atoms with E-state index in [1.165, 1.54) is 10.8 Å². The normalized spacial score (nSPS) is 10.2. The van der Waals surface area contributed by atoms with Gasteiger partial charge in [0.2, 0.25) is 0 Å². The monoisotopic (exact) mass is 288 g/mol. The van der Waals surface area contributed by atoms with Crippen LogP contribution in [0.25, 0.3) is 21.5 Å². The Morgan fingerprint density at radius 3 is 1.64 bits per heavy atom. The molecule has 22 heavy (non-hydrogen) atoms. The largest absolute Gasteiger partial charge is 0.508 e. The van der Waals surface area contributed by atoms with E-state index < -0.39 is 0 Å². The Morgan fingerprint density at radius 2 is 1.05 bits per heavy atom. The molecule has 2 nitrogen and oxygen atoms in total. The van der Waals surface area contributed by atoms with Crippen LogP contribution in [0.15, 0.2) is 84.9 Å². The van der Waals surface area contributed by atoms with Gasteiger partial charge in [-0.15, -0.1) is 0 Å². The average Bonchev–Trinajstić information content (AvgIpc) is 2.56. The molecule has 4 aromatic carbocycles. The number of rotatable bonds is 0. The minimum absolute atomic E-state index is 0.216. The SMILES string of the molecule is Oc1ccc2c(O)cccc2c1.c1ccc2ccccc2c1. The molecular weight excluding hydrogens is 272 g/mol. The Labute approximate surface area is 128 Å². The van der Waals surface area contributed by atoms with Crippen LogP contribution < -0.4 is 0 Å². The van der Waals surface area contributed by atoms with Crippen LogP contribution in [0.1, 0.15) is 0 Å². The smallest absolute Gasteiger partial charge is 0.123 e. The molecule has 0 saturated carbocycles. The first-order chi connectivity index (χ1) is 10.7. The maximum Gasteiger partial charge on any atom is 0.123 e. The van der Waals surface area contributed by atoms with E-state index in [1.807, 2.05) is 6.07 Å². The number of phenols is 2. The molecular formula is C20H16O2. The number of aromatic hydroxyl groups is 2. The van der Waals surface area contributed by atoms with E-state index >= 15 is 0 Å². The van der Waals surface area contributed by atoms with Gasteiger partial charge in [0, 0.05) is 5.39 Å². The standard InChI is InChI=1S/C10H8O2.C10H8/c11-8-4-5-9-7(6-8)2-1-3-10(9)12;1-2-6-10-8-4-3-7-9(10)5-1/h1-6,11-12H;1-8H. The van der Waals surface area contributed by atoms with E-state index in [9.17, 15) is 5.11 Å². The van der Waals surface area contributed by atoms with Crippen LogP contribution in [0.5, 0.6) is 11.5 Å². The van der Waals surface area contributed by atoms with Crippen molar-refractivity contribution in [2.75, 3.05) is 0 Å². The van der Waals surface area contributed by atoms with Crippen LogP contribution in [0.2, 0.25) is 0 Å². The summed E-state index contributed by atoms with van der Waals surface area (Å²) in [5, 5.41) is 22.7. The van der Waals surface area contributed by atoms with Gasteiger partial charge in [0.25, 0.3) is 0 Å². The van der Waals surface area contributed by atoms with Gasteiger partial charge in [-0.25, -0.2) is 0 Å². The molecule has 4 aromatic rings. The van der Waals surface area contributed by atoms with Gasteiger partial charge in [0.05, 0.1) is 0 Å². The zero-order valence-electron chi connectivity index (χ0n) is 12.0. The molecule has 108 valence electrons. The van der Waals surface area contributed by atoms with E-state index in [4.69, 9.17) is 5.11 Å². The third-order valence-electron chi connectivity index (χ3n) is 3.50. The average molecular weight is 288 g/mol. The molecule has 0 fully saturated rings. The molecule has 0 bridgehead atoms. The molecule has 0 spiro atoms. The highest BCUT2D eigenvalue weighted by molar-refractivity contribution is 5.89. The van der Waals surface area contributed by atoms with Crippen molar-refractivity contribution in [2.45, 2.75) is 0 Å². The van der Waals surface area contributed by atoms with Crippen LogP contribution in [-0.2, 0) is 0 Å². The molecule has 0 radical (unpaired) electrons. The van der Waals surface area contributed by atoms with Crippen LogP contribution in [-0.4, -0.2) is 10.2 Å². The van der Waals surface area contributed by atoms with Gasteiger partial charge >= 0.3 is 0 Å². The lowest BCUT2D eigenvalue weighted by Gasteiger charge is -1.99. The van der Waals surface area contributed by atoms with Crippen molar-refractivity contribution in [1.29, 1.82) is 0 Å². The van der Waals surface area contributed by atoms with Gasteiger partial charge in [-0.05, 0) is 40.4 Å². The van der Waals surface area contributed by atoms with Crippen molar-refractivity contribution >= 4 is 21.5 Å². The summed E-state index contributed by atoms with van der Waals surface area (Å²) in [5.41, 5.74) is 0. The van der Waals surface area contributed by atoms with E-state index in [0.717, 1.165) is 10.8 Å². The Hall–Kier alpha value is -3.00. The molecule has 0 amide bonds. The highest BCUT2D eigenvalue weighted by atomic mass is 16.3. The molecule has 2 heteroatoms. The summed E-state index contributed by atoms with van der Waals surface area (Å²) in [5.74, 6) is 0.459. The summed E-state index contributed by atoms with van der Waals surface area (Å²) < 4.78 is 0. The third kappa shape index (κ3) is 3.01. The fourth-order valence-electron chi connectivity index (χ4n) is 2.39. The van der Waals surface area contributed by atoms with Gasteiger partial charge in [0.1, 0.15) is 11.5 Å². The highest BCUT2D eigenvalue weighted by Gasteiger charge is 1.98. The molecule has 0 heterocycles. The predicted octanol–water partition coefficient (Wildman–Crippen LogP) is 5.09. The summed E-state index contributed by atoms with van der Waals surface area (Å²) in [4.78, 5) is 0. The van der Waals surface area contributed by atoms with Gasteiger partial charge in [-0.1, -0.05) is 60.7 Å². The first-order valence-electron chi connectivity index (χ1n) is 7.08. The molecule has 0 aliphatic heterocycles. The van der Waals surface area contributed by atoms with E-state index in [2.05, 4.69) is 48.5 Å². The van der Waals surface area contributed by atoms with Crippen molar-refractivity contribution in [2.24, 2.45) is 0 Å². The van der Waals surface area contributed by atoms with E-state index in [-0.39, 0.29) is 11.5 Å². The van der Waals surface area contributed by atoms with Crippen molar-refractivity contribution in [3.05, 3.63) is 84.9 Å². The summed E-state index contributed by atoms with van der Waals surface area (Å²) >= 11 is 0. The molecule has 0 saturated heterocycles. The second kappa shape index (κ2) is 6.19. The fourth-order valence-corrected chi connectivity index (χ4v) is 2.39. The highest BCUT2D eigenvalue weighted by Crippen LogP contribution is 2.26. The zero-order chi connectivity index (χ0) is 15.4. The summed E-state index contributed by atoms with van der Waals surface area (Å²) in [6.45, 7) is 0. The number of hydrogen-bond acceptors (Lipinski definition) is 2. The lowest BCUT2D eigenvalue weighted by molar-refractivity contribution is 0.475. The minimum atomic E-state index is 0.216. The minimum Gasteiger partial charge on any atom is -0.508 e. The van der Waals surface area contributed by atoms with Crippen LogP contribution in [0, 0.1) is 0 Å². The van der Waals surface area contributed by atoms with Crippen molar-refractivity contribution in [1.82, 2.24) is 0 Å². The van der Waals surface area contributed by atoms with Gasteiger partial charge in [0.15, 0.2) is 0 Å². The lowest BCUT2D eigenvalue weighted by Crippen LogP contribution is -1.72. The summed E-state index contributed by atoms with van der Waals surface area (Å²) in [6, 6.07) is 26.8. The number of benzene rings is 4. The van der Waals surface area contributed by atoms with Crippen molar-refractivity contribution < 1.29 is 10.2 Å². The van der Waals surface area contributed by atoms with Gasteiger partial charge in [-0.2, -0.15) is 0 Å². The summed E-state index contributed by atoms with van der Waals surface area (Å²) in [6.07, 6.45) is 0. The van der Waals surface area contributed by atoms with Gasteiger partial charge < -0.3 is 10.2 Å². The Bertz CT molecular complexity index is 848. The second-order valence-corrected chi connectivity index (χ2v) is 5.03. The van der Waals surface area contributed by atoms with Gasteiger partial charge in [-0.3, -0.25) is 0 Å². The Balaban J connectivity index is 0.000000133. The number of fused-ring (bicyclic) bond motifs is 2. The molecule has 0 aliphatic carbocycles. The van der Waals surface area contributed by atoms with Crippen LogP contribution in [0.4, 0.5) is 0 Å². The van der Waals surface area contributed by atoms with Crippen LogP contribution in [0.3, 0.4) is 0 Å². The lowest BCUT2D eigenvalue weighted by atomic mass is 10.1.